The van der Waals surface area contributed by atoms with Crippen molar-refractivity contribution in [3.05, 3.63) is 48.7 Å². The van der Waals surface area contributed by atoms with Crippen LogP contribution in [0.5, 0.6) is 0 Å². The van der Waals surface area contributed by atoms with Crippen molar-refractivity contribution in [1.82, 2.24) is 5.32 Å². The molecule has 1 aliphatic heterocycles. The number of allylic oxidation sites excluding steroid dienone is 4. The molecule has 110 valence electrons. The third kappa shape index (κ3) is 2.45. The van der Waals surface area contributed by atoms with Gasteiger partial charge in [-0.3, -0.25) is 4.99 Å². The molecule has 2 rings (SSSR count). The normalized spacial score (nSPS) is 28.3. The highest BCUT2D eigenvalue weighted by atomic mass is 15.0. The highest BCUT2D eigenvalue weighted by Crippen LogP contribution is 2.49. The molecule has 1 N–H and O–H groups in total. The summed E-state index contributed by atoms with van der Waals surface area (Å²) in [4.78, 5) is 4.79. The standard InChI is InChI=1S/C16H22N2.C2H6/c1-6-12-13(7-2)18-15-14(17-8-3)10-9-11(4)16(12,15)5;1-2/h6-7,14,17H,1-2,4,8-10H2,3,5H3;1-2H3. The second kappa shape index (κ2) is 6.85. The molecule has 0 saturated heterocycles. The van der Waals surface area contributed by atoms with Crippen molar-refractivity contribution in [3.63, 3.8) is 0 Å². The van der Waals surface area contributed by atoms with Gasteiger partial charge >= 0.3 is 0 Å². The van der Waals surface area contributed by atoms with Crippen LogP contribution in [0, 0.1) is 5.41 Å². The molecule has 0 radical (unpaired) electrons. The van der Waals surface area contributed by atoms with E-state index >= 15 is 0 Å². The fourth-order valence-corrected chi connectivity index (χ4v) is 3.11. The predicted octanol–water partition coefficient (Wildman–Crippen LogP) is 4.43. The number of rotatable bonds is 4. The number of hydrogen-bond donors (Lipinski definition) is 1. The first kappa shape index (κ1) is 16.6. The van der Waals surface area contributed by atoms with Crippen molar-refractivity contribution >= 4 is 5.71 Å². The summed E-state index contributed by atoms with van der Waals surface area (Å²) >= 11 is 0. The maximum absolute atomic E-state index is 4.79. The summed E-state index contributed by atoms with van der Waals surface area (Å²) in [6.45, 7) is 21.4. The third-order valence-corrected chi connectivity index (χ3v) is 4.19. The number of nitrogens with one attached hydrogen (secondary N) is 1. The van der Waals surface area contributed by atoms with E-state index in [0.717, 1.165) is 30.7 Å². The predicted molar refractivity (Wildman–Crippen MR) is 90.1 cm³/mol. The second-order valence-electron chi connectivity index (χ2n) is 5.08. The number of nitrogens with zero attached hydrogens (tertiary/aromatic N) is 1. The molecule has 2 unspecified atom stereocenters. The van der Waals surface area contributed by atoms with E-state index in [1.165, 1.54) is 11.3 Å². The highest BCUT2D eigenvalue weighted by molar-refractivity contribution is 6.04. The van der Waals surface area contributed by atoms with E-state index < -0.39 is 0 Å². The van der Waals surface area contributed by atoms with E-state index in [1.54, 1.807) is 0 Å². The molecule has 2 aliphatic rings. The average molecular weight is 272 g/mol. The van der Waals surface area contributed by atoms with Crippen LogP contribution in [0.3, 0.4) is 0 Å². The molecule has 1 fully saturated rings. The maximum Gasteiger partial charge on any atom is 0.0668 e. The zero-order valence-corrected chi connectivity index (χ0v) is 13.4. The monoisotopic (exact) mass is 272 g/mol. The molecule has 0 spiro atoms. The smallest absolute Gasteiger partial charge is 0.0668 e. The second-order valence-corrected chi connectivity index (χ2v) is 5.08. The molecular weight excluding hydrogens is 244 g/mol. The Morgan fingerprint density at radius 1 is 1.35 bits per heavy atom. The molecule has 2 nitrogen and oxygen atoms in total. The van der Waals surface area contributed by atoms with Gasteiger partial charge in [-0.15, -0.1) is 0 Å². The van der Waals surface area contributed by atoms with Gasteiger partial charge in [0.1, 0.15) is 0 Å². The highest BCUT2D eigenvalue weighted by Gasteiger charge is 2.47. The molecule has 20 heavy (non-hydrogen) atoms. The van der Waals surface area contributed by atoms with Gasteiger partial charge in [-0.25, -0.2) is 0 Å². The molecule has 0 aromatic heterocycles. The van der Waals surface area contributed by atoms with Crippen LogP contribution >= 0.6 is 0 Å². The Labute approximate surface area is 124 Å². The van der Waals surface area contributed by atoms with Crippen molar-refractivity contribution in [1.29, 1.82) is 0 Å². The maximum atomic E-state index is 4.79. The van der Waals surface area contributed by atoms with Gasteiger partial charge < -0.3 is 5.32 Å². The van der Waals surface area contributed by atoms with Gasteiger partial charge in [0.05, 0.1) is 11.1 Å². The Hall–Kier alpha value is -1.41. The molecule has 1 aliphatic carbocycles. The first-order valence-electron chi connectivity index (χ1n) is 7.59. The van der Waals surface area contributed by atoms with Crippen LogP contribution in [0.1, 0.15) is 40.5 Å². The van der Waals surface area contributed by atoms with Gasteiger partial charge in [-0.2, -0.15) is 0 Å². The number of aliphatic imine (C=N–C) groups is 1. The lowest BCUT2D eigenvalue weighted by atomic mass is 9.65. The van der Waals surface area contributed by atoms with E-state index in [9.17, 15) is 0 Å². The lowest BCUT2D eigenvalue weighted by Crippen LogP contribution is -2.48. The quantitative estimate of drug-likeness (QED) is 0.752. The van der Waals surface area contributed by atoms with Gasteiger partial charge in [-0.1, -0.05) is 52.2 Å². The SMILES string of the molecule is C=CC1=C(C=C)C2(C)C(=C)CCC(NCC)C2=N1.CC. The fourth-order valence-electron chi connectivity index (χ4n) is 3.11. The lowest BCUT2D eigenvalue weighted by Gasteiger charge is -2.40. The zero-order chi connectivity index (χ0) is 15.3. The van der Waals surface area contributed by atoms with Crippen molar-refractivity contribution in [2.75, 3.05) is 6.54 Å². The van der Waals surface area contributed by atoms with Crippen LogP contribution in [0.15, 0.2) is 53.7 Å². The topological polar surface area (TPSA) is 24.4 Å². The van der Waals surface area contributed by atoms with Crippen LogP contribution in [-0.4, -0.2) is 18.3 Å². The minimum Gasteiger partial charge on any atom is -0.309 e. The van der Waals surface area contributed by atoms with Gasteiger partial charge in [0.2, 0.25) is 0 Å². The molecule has 1 heterocycles. The molecule has 0 aromatic carbocycles. The van der Waals surface area contributed by atoms with E-state index in [-0.39, 0.29) is 5.41 Å². The summed E-state index contributed by atoms with van der Waals surface area (Å²) in [5.41, 5.74) is 4.37. The van der Waals surface area contributed by atoms with Crippen LogP contribution in [0.25, 0.3) is 0 Å². The largest absolute Gasteiger partial charge is 0.309 e. The van der Waals surface area contributed by atoms with Crippen molar-refractivity contribution in [2.45, 2.75) is 46.6 Å². The summed E-state index contributed by atoms with van der Waals surface area (Å²) in [6, 6.07) is 0.345. The van der Waals surface area contributed by atoms with E-state index in [0.29, 0.717) is 6.04 Å². The summed E-state index contributed by atoms with van der Waals surface area (Å²) in [7, 11) is 0. The number of fused-ring (bicyclic) bond motifs is 1. The van der Waals surface area contributed by atoms with E-state index in [2.05, 4.69) is 38.9 Å². The molecule has 2 atom stereocenters. The Balaban J connectivity index is 0.000000956. The third-order valence-electron chi connectivity index (χ3n) is 4.19. The molecule has 0 amide bonds. The minimum absolute atomic E-state index is 0.156. The van der Waals surface area contributed by atoms with Gasteiger partial charge in [-0.05, 0) is 38.0 Å². The molecule has 0 bridgehead atoms. The fraction of sp³-hybridized carbons (Fsp3) is 0.500. The number of hydrogen-bond acceptors (Lipinski definition) is 2. The average Bonchev–Trinajstić information content (AvgIpc) is 2.78. The van der Waals surface area contributed by atoms with Crippen LogP contribution in [0.4, 0.5) is 0 Å². The van der Waals surface area contributed by atoms with E-state index in [1.807, 2.05) is 26.0 Å². The van der Waals surface area contributed by atoms with Gasteiger partial charge in [0, 0.05) is 11.8 Å². The van der Waals surface area contributed by atoms with Gasteiger partial charge in [0.25, 0.3) is 0 Å². The van der Waals surface area contributed by atoms with E-state index in [4.69, 9.17) is 4.99 Å². The molecule has 0 aromatic rings. The summed E-state index contributed by atoms with van der Waals surface area (Å²) in [5.74, 6) is 0. The summed E-state index contributed by atoms with van der Waals surface area (Å²) in [6.07, 6.45) is 5.85. The molecule has 1 saturated carbocycles. The summed E-state index contributed by atoms with van der Waals surface area (Å²) in [5, 5.41) is 3.52. The van der Waals surface area contributed by atoms with Crippen molar-refractivity contribution in [2.24, 2.45) is 10.4 Å². The Morgan fingerprint density at radius 3 is 2.50 bits per heavy atom. The lowest BCUT2D eigenvalue weighted by molar-refractivity contribution is 0.493. The van der Waals surface area contributed by atoms with Crippen LogP contribution in [0.2, 0.25) is 0 Å². The Kier molecular flexibility index (Phi) is 5.70. The van der Waals surface area contributed by atoms with Gasteiger partial charge in [0.15, 0.2) is 0 Å². The van der Waals surface area contributed by atoms with Crippen molar-refractivity contribution in [3.8, 4) is 0 Å². The first-order valence-corrected chi connectivity index (χ1v) is 7.59. The first-order chi connectivity index (χ1) is 9.59. The molecular formula is C18H28N2. The van der Waals surface area contributed by atoms with Crippen LogP contribution in [-0.2, 0) is 0 Å². The Bertz CT molecular complexity index is 468. The minimum atomic E-state index is -0.156. The zero-order valence-electron chi connectivity index (χ0n) is 13.4. The van der Waals surface area contributed by atoms with Crippen LogP contribution < -0.4 is 5.32 Å². The molecule has 2 heteroatoms. The summed E-state index contributed by atoms with van der Waals surface area (Å²) < 4.78 is 0. The Morgan fingerprint density at radius 2 is 2.00 bits per heavy atom. The van der Waals surface area contributed by atoms with Crippen molar-refractivity contribution < 1.29 is 0 Å².